The van der Waals surface area contributed by atoms with Crippen molar-refractivity contribution >= 4 is 19.7 Å². The van der Waals surface area contributed by atoms with E-state index < -0.39 is 26.6 Å². The Bertz CT molecular complexity index is 1570. The molecule has 0 saturated heterocycles. The van der Waals surface area contributed by atoms with E-state index in [4.69, 9.17) is 13.8 Å². The third-order valence-electron chi connectivity index (χ3n) is 14.4. The number of likely N-dealkylation sites (N-methyl/N-ethyl adjacent to an activating group) is 1. The molecule has 3 atom stereocenters. The molecule has 0 saturated carbocycles. The van der Waals surface area contributed by atoms with Crippen molar-refractivity contribution in [3.8, 4) is 0 Å². The number of quaternary nitrogens is 1. The molecule has 0 aromatic heterocycles. The second kappa shape index (κ2) is 57.7. The van der Waals surface area contributed by atoms with Gasteiger partial charge in [-0.05, 0) is 102 Å². The second-order valence-electron chi connectivity index (χ2n) is 23.3. The number of unbranched alkanes of at least 4 members (excludes halogenated alkanes) is 33. The van der Waals surface area contributed by atoms with Crippen LogP contribution < -0.4 is 10.2 Å². The summed E-state index contributed by atoms with van der Waals surface area (Å²) in [6, 6.07) is -0.897. The van der Waals surface area contributed by atoms with Crippen LogP contribution in [0.3, 0.4) is 0 Å². The number of nitrogens with zero attached hydrogens (tertiary/aromatic N) is 1. The van der Waals surface area contributed by atoms with E-state index in [1.807, 2.05) is 33.3 Å². The van der Waals surface area contributed by atoms with Crippen molar-refractivity contribution in [2.45, 2.75) is 309 Å². The first-order chi connectivity index (χ1) is 37.9. The second-order valence-corrected chi connectivity index (χ2v) is 24.7. The van der Waals surface area contributed by atoms with E-state index in [-0.39, 0.29) is 24.9 Å². The molecule has 0 radical (unpaired) electrons. The fraction of sp³-hybridized carbons (Fsp3) is 0.794. The van der Waals surface area contributed by atoms with Crippen LogP contribution in [0.15, 0.2) is 72.9 Å². The number of nitrogens with one attached hydrogen (secondary N) is 1. The summed E-state index contributed by atoms with van der Waals surface area (Å²) in [7, 11) is 1.17. The SMILES string of the molecule is CCCCC/C=C\C/C=C\C/C=C\C/C=C\CCCCCCCCCCCC(=O)OC(/C=C\CCCCCCCCCCC)C(COP(=O)([O-])OCC[N+](C)(C)C)NC(=O)CCCCCCC/C=C/CCCCCCCCC. The number of phosphoric ester groups is 1. The van der Waals surface area contributed by atoms with Crippen molar-refractivity contribution in [3.05, 3.63) is 72.9 Å². The van der Waals surface area contributed by atoms with Crippen LogP contribution in [-0.2, 0) is 27.9 Å². The molecule has 0 aliphatic heterocycles. The normalized spacial score (nSPS) is 14.1. The summed E-state index contributed by atoms with van der Waals surface area (Å²) in [6.45, 7) is 6.81. The van der Waals surface area contributed by atoms with Gasteiger partial charge in [0.25, 0.3) is 7.82 Å². The summed E-state index contributed by atoms with van der Waals surface area (Å²) >= 11 is 0. The molecule has 0 rings (SSSR count). The lowest BCUT2D eigenvalue weighted by atomic mass is 10.0. The molecule has 1 N–H and O–H groups in total. The third-order valence-corrected chi connectivity index (χ3v) is 15.3. The average molecular weight is 1110 g/mol. The number of allylic oxidation sites excluding steroid dienone is 11. The van der Waals surface area contributed by atoms with Crippen LogP contribution >= 0.6 is 7.82 Å². The van der Waals surface area contributed by atoms with Crippen molar-refractivity contribution in [3.63, 3.8) is 0 Å². The lowest BCUT2D eigenvalue weighted by Gasteiger charge is -2.30. The molecule has 0 bridgehead atoms. The zero-order valence-electron chi connectivity index (χ0n) is 51.9. The van der Waals surface area contributed by atoms with Crippen LogP contribution in [0.2, 0.25) is 0 Å². The van der Waals surface area contributed by atoms with Crippen LogP contribution in [0.5, 0.6) is 0 Å². The predicted octanol–water partition coefficient (Wildman–Crippen LogP) is 19.8. The maximum atomic E-state index is 13.5. The maximum absolute atomic E-state index is 13.5. The van der Waals surface area contributed by atoms with Crippen LogP contribution in [-0.4, -0.2) is 69.4 Å². The molecule has 10 heteroatoms. The fourth-order valence-corrected chi connectivity index (χ4v) is 9.99. The monoisotopic (exact) mass is 1110 g/mol. The highest BCUT2D eigenvalue weighted by molar-refractivity contribution is 7.45. The number of carbonyl (C=O) groups excluding carboxylic acids is 2. The Hall–Kier alpha value is -2.55. The van der Waals surface area contributed by atoms with Gasteiger partial charge in [-0.25, -0.2) is 0 Å². The first-order valence-electron chi connectivity index (χ1n) is 32.7. The van der Waals surface area contributed by atoms with E-state index in [0.717, 1.165) is 109 Å². The fourth-order valence-electron chi connectivity index (χ4n) is 9.27. The summed E-state index contributed by atoms with van der Waals surface area (Å²) in [6.07, 6.45) is 74.4. The van der Waals surface area contributed by atoms with Crippen molar-refractivity contribution in [1.29, 1.82) is 0 Å². The molecule has 78 heavy (non-hydrogen) atoms. The summed E-state index contributed by atoms with van der Waals surface area (Å²) in [4.78, 5) is 40.0. The molecule has 0 aliphatic rings. The van der Waals surface area contributed by atoms with E-state index in [0.29, 0.717) is 17.4 Å². The van der Waals surface area contributed by atoms with Crippen LogP contribution in [0.1, 0.15) is 297 Å². The van der Waals surface area contributed by atoms with Crippen LogP contribution in [0.25, 0.3) is 0 Å². The van der Waals surface area contributed by atoms with Crippen molar-refractivity contribution < 1.29 is 37.3 Å². The van der Waals surface area contributed by atoms with Crippen molar-refractivity contribution in [2.24, 2.45) is 0 Å². The highest BCUT2D eigenvalue weighted by Crippen LogP contribution is 2.38. The summed E-state index contributed by atoms with van der Waals surface area (Å²) < 4.78 is 30.3. The minimum atomic E-state index is -4.70. The number of carbonyl (C=O) groups is 2. The molecular formula is C68H125N2O7P. The standard InChI is InChI=1S/C68H125N2O7P/c1-7-10-13-16-19-22-25-27-29-31-32-33-34-35-36-37-38-39-41-43-46-49-52-55-58-61-68(72)77-66(59-56-53-50-47-44-24-21-18-15-12-9-3)65(64-76-78(73,74)75-63-62-70(4,5)6)69-67(71)60-57-54-51-48-45-42-40-30-28-26-23-20-17-14-11-8-2/h19,22,27,29-30,32-33,35-36,40,56,59,65-66H,7-18,20-21,23-26,28,31,34,37-39,41-55,57-58,60-64H2,1-6H3,(H-,69,71,73,74)/b22-19-,29-27-,33-32-,36-35-,40-30+,59-56-. The molecule has 454 valence electrons. The number of phosphoric acid groups is 1. The Morgan fingerprint density at radius 2 is 0.782 bits per heavy atom. The number of rotatable bonds is 59. The number of esters is 1. The lowest BCUT2D eigenvalue weighted by molar-refractivity contribution is -0.870. The molecule has 0 aliphatic carbocycles. The summed E-state index contributed by atoms with van der Waals surface area (Å²) in [5.74, 6) is -0.554. The van der Waals surface area contributed by atoms with Gasteiger partial charge in [-0.1, -0.05) is 255 Å². The van der Waals surface area contributed by atoms with E-state index in [1.165, 1.54) is 154 Å². The topological polar surface area (TPSA) is 114 Å². The van der Waals surface area contributed by atoms with E-state index in [2.05, 4.69) is 86.8 Å². The lowest BCUT2D eigenvalue weighted by Crippen LogP contribution is -2.47. The number of ether oxygens (including phenoxy) is 1. The van der Waals surface area contributed by atoms with Gasteiger partial charge in [0.15, 0.2) is 0 Å². The summed E-state index contributed by atoms with van der Waals surface area (Å²) in [5, 5.41) is 3.02. The zero-order valence-corrected chi connectivity index (χ0v) is 52.8. The van der Waals surface area contributed by atoms with Gasteiger partial charge in [0.1, 0.15) is 19.3 Å². The maximum Gasteiger partial charge on any atom is 0.306 e. The molecule has 0 heterocycles. The minimum Gasteiger partial charge on any atom is -0.756 e. The summed E-state index contributed by atoms with van der Waals surface area (Å²) in [5.41, 5.74) is 0. The van der Waals surface area contributed by atoms with Gasteiger partial charge in [0, 0.05) is 12.8 Å². The molecule has 0 spiro atoms. The molecule has 0 aromatic rings. The molecule has 1 amide bonds. The van der Waals surface area contributed by atoms with E-state index >= 15 is 0 Å². The quantitative estimate of drug-likeness (QED) is 0.0212. The molecule has 0 aromatic carbocycles. The number of hydrogen-bond donors (Lipinski definition) is 1. The zero-order chi connectivity index (χ0) is 57.2. The molecule has 9 nitrogen and oxygen atoms in total. The first kappa shape index (κ1) is 75.5. The van der Waals surface area contributed by atoms with Crippen LogP contribution in [0, 0.1) is 0 Å². The Kier molecular flexibility index (Phi) is 55.8. The van der Waals surface area contributed by atoms with Gasteiger partial charge in [-0.2, -0.15) is 0 Å². The first-order valence-corrected chi connectivity index (χ1v) is 34.2. The van der Waals surface area contributed by atoms with Crippen molar-refractivity contribution in [1.82, 2.24) is 5.32 Å². The van der Waals surface area contributed by atoms with Crippen molar-refractivity contribution in [2.75, 3.05) is 40.9 Å². The molecule has 0 fully saturated rings. The number of amides is 1. The average Bonchev–Trinajstić information content (AvgIpc) is 3.41. The third kappa shape index (κ3) is 58.1. The molecule has 3 unspecified atom stereocenters. The Labute approximate surface area is 483 Å². The van der Waals surface area contributed by atoms with Crippen LogP contribution in [0.4, 0.5) is 0 Å². The Morgan fingerprint density at radius 3 is 1.21 bits per heavy atom. The van der Waals surface area contributed by atoms with E-state index in [9.17, 15) is 19.0 Å². The largest absolute Gasteiger partial charge is 0.756 e. The van der Waals surface area contributed by atoms with Gasteiger partial charge >= 0.3 is 5.97 Å². The Morgan fingerprint density at radius 1 is 0.449 bits per heavy atom. The van der Waals surface area contributed by atoms with Gasteiger partial charge in [0.05, 0.1) is 33.8 Å². The predicted molar refractivity (Wildman–Crippen MR) is 335 cm³/mol. The van der Waals surface area contributed by atoms with Gasteiger partial charge < -0.3 is 28.5 Å². The number of hydrogen-bond acceptors (Lipinski definition) is 7. The van der Waals surface area contributed by atoms with Gasteiger partial charge in [-0.15, -0.1) is 0 Å². The minimum absolute atomic E-state index is 0.0266. The van der Waals surface area contributed by atoms with Gasteiger partial charge in [-0.3, -0.25) is 14.2 Å². The highest BCUT2D eigenvalue weighted by Gasteiger charge is 2.27. The Balaban J connectivity index is 5.13. The smallest absolute Gasteiger partial charge is 0.306 e. The highest BCUT2D eigenvalue weighted by atomic mass is 31.2. The molecular weight excluding hydrogens is 988 g/mol. The van der Waals surface area contributed by atoms with Gasteiger partial charge in [0.2, 0.25) is 5.91 Å². The van der Waals surface area contributed by atoms with E-state index in [1.54, 1.807) is 0 Å².